The van der Waals surface area contributed by atoms with Crippen molar-refractivity contribution in [2.75, 3.05) is 6.54 Å². The lowest BCUT2D eigenvalue weighted by Crippen LogP contribution is -2.21. The van der Waals surface area contributed by atoms with Gasteiger partial charge in [0.2, 0.25) is 5.91 Å². The summed E-state index contributed by atoms with van der Waals surface area (Å²) in [5.74, 6) is -0.0123. The van der Waals surface area contributed by atoms with Gasteiger partial charge < -0.3 is 5.32 Å². The zero-order valence-electron chi connectivity index (χ0n) is 10.7. The Morgan fingerprint density at radius 3 is 2.59 bits per heavy atom. The number of carbonyl (C=O) groups excluding carboxylic acids is 1. The molecule has 2 nitrogen and oxygen atoms in total. The van der Waals surface area contributed by atoms with Gasteiger partial charge in [0.25, 0.3) is 0 Å². The molecule has 0 saturated heterocycles. The second-order valence-corrected chi connectivity index (χ2v) is 4.24. The van der Waals surface area contributed by atoms with Crippen LogP contribution in [0.2, 0.25) is 0 Å². The smallest absolute Gasteiger partial charge is 0.243 e. The van der Waals surface area contributed by atoms with E-state index >= 15 is 0 Å². The van der Waals surface area contributed by atoms with E-state index in [-0.39, 0.29) is 5.91 Å². The van der Waals surface area contributed by atoms with E-state index in [1.54, 1.807) is 6.08 Å². The molecule has 1 N–H and O–H groups in total. The van der Waals surface area contributed by atoms with Crippen LogP contribution < -0.4 is 5.32 Å². The van der Waals surface area contributed by atoms with Crippen molar-refractivity contribution in [1.82, 2.24) is 5.32 Å². The Labute approximate surface area is 104 Å². The van der Waals surface area contributed by atoms with Gasteiger partial charge in [-0.25, -0.2) is 0 Å². The summed E-state index contributed by atoms with van der Waals surface area (Å²) in [5.41, 5.74) is 2.28. The summed E-state index contributed by atoms with van der Waals surface area (Å²) in [6, 6.07) is 8.10. The van der Waals surface area contributed by atoms with E-state index in [0.29, 0.717) is 0 Å². The number of unbranched alkanes of at least 4 members (excludes halogenated alkanes) is 2. The average Bonchev–Trinajstić information content (AvgIpc) is 2.34. The quantitative estimate of drug-likeness (QED) is 0.590. The summed E-state index contributed by atoms with van der Waals surface area (Å²) in [4.78, 5) is 11.4. The summed E-state index contributed by atoms with van der Waals surface area (Å²) in [5, 5.41) is 2.87. The van der Waals surface area contributed by atoms with Crippen LogP contribution in [0.5, 0.6) is 0 Å². The highest BCUT2D eigenvalue weighted by molar-refractivity contribution is 5.91. The van der Waals surface area contributed by atoms with Crippen molar-refractivity contribution in [3.8, 4) is 0 Å². The van der Waals surface area contributed by atoms with Gasteiger partial charge in [0.1, 0.15) is 0 Å². The van der Waals surface area contributed by atoms with Gasteiger partial charge in [0, 0.05) is 12.6 Å². The molecule has 92 valence electrons. The van der Waals surface area contributed by atoms with Crippen LogP contribution in [0, 0.1) is 6.92 Å². The first-order valence-electron chi connectivity index (χ1n) is 6.25. The topological polar surface area (TPSA) is 29.1 Å². The second-order valence-electron chi connectivity index (χ2n) is 4.24. The Kier molecular flexibility index (Phi) is 6.08. The first kappa shape index (κ1) is 13.5. The third-order valence-corrected chi connectivity index (χ3v) is 2.58. The van der Waals surface area contributed by atoms with E-state index in [9.17, 15) is 4.79 Å². The average molecular weight is 231 g/mol. The molecule has 1 rings (SSSR count). The van der Waals surface area contributed by atoms with Crippen molar-refractivity contribution >= 4 is 12.0 Å². The summed E-state index contributed by atoms with van der Waals surface area (Å²) >= 11 is 0. The molecule has 0 aliphatic carbocycles. The Morgan fingerprint density at radius 2 is 1.94 bits per heavy atom. The second kappa shape index (κ2) is 7.66. The van der Waals surface area contributed by atoms with Crippen LogP contribution in [-0.2, 0) is 4.79 Å². The maximum atomic E-state index is 11.4. The minimum atomic E-state index is -0.0123. The van der Waals surface area contributed by atoms with E-state index in [2.05, 4.69) is 12.2 Å². The summed E-state index contributed by atoms with van der Waals surface area (Å²) in [7, 11) is 0. The van der Waals surface area contributed by atoms with Crippen LogP contribution in [0.3, 0.4) is 0 Å². The summed E-state index contributed by atoms with van der Waals surface area (Å²) in [6.07, 6.45) is 6.84. The molecule has 0 fully saturated rings. The molecule has 0 aromatic heterocycles. The molecule has 0 unspecified atom stereocenters. The first-order valence-corrected chi connectivity index (χ1v) is 6.25. The molecule has 0 bridgehead atoms. The molecular weight excluding hydrogens is 210 g/mol. The molecule has 0 radical (unpaired) electrons. The van der Waals surface area contributed by atoms with Gasteiger partial charge in [-0.15, -0.1) is 0 Å². The highest BCUT2D eigenvalue weighted by atomic mass is 16.1. The molecular formula is C15H21NO. The van der Waals surface area contributed by atoms with E-state index < -0.39 is 0 Å². The number of nitrogens with one attached hydrogen (secondary N) is 1. The largest absolute Gasteiger partial charge is 0.353 e. The molecule has 0 atom stereocenters. The van der Waals surface area contributed by atoms with Crippen LogP contribution >= 0.6 is 0 Å². The fourth-order valence-corrected chi connectivity index (χ4v) is 1.49. The van der Waals surface area contributed by atoms with Gasteiger partial charge in [0.05, 0.1) is 0 Å². The summed E-state index contributed by atoms with van der Waals surface area (Å²) in [6.45, 7) is 4.97. The third-order valence-electron chi connectivity index (χ3n) is 2.58. The van der Waals surface area contributed by atoms with Crippen molar-refractivity contribution < 1.29 is 4.79 Å². The van der Waals surface area contributed by atoms with Crippen LogP contribution in [0.15, 0.2) is 30.3 Å². The zero-order chi connectivity index (χ0) is 12.5. The summed E-state index contributed by atoms with van der Waals surface area (Å²) < 4.78 is 0. The Bertz CT molecular complexity index is 365. The molecule has 1 amide bonds. The van der Waals surface area contributed by atoms with Crippen molar-refractivity contribution in [3.05, 3.63) is 41.5 Å². The number of rotatable bonds is 6. The molecule has 0 heterocycles. The van der Waals surface area contributed by atoms with Gasteiger partial charge >= 0.3 is 0 Å². The number of aryl methyl sites for hydroxylation is 1. The van der Waals surface area contributed by atoms with E-state index in [1.807, 2.05) is 37.3 Å². The minimum absolute atomic E-state index is 0.0123. The number of benzene rings is 1. The fourth-order valence-electron chi connectivity index (χ4n) is 1.49. The maximum absolute atomic E-state index is 11.4. The van der Waals surface area contributed by atoms with E-state index in [1.165, 1.54) is 18.4 Å². The third kappa shape index (κ3) is 5.91. The lowest BCUT2D eigenvalue weighted by Gasteiger charge is -2.00. The van der Waals surface area contributed by atoms with Crippen LogP contribution in [-0.4, -0.2) is 12.5 Å². The maximum Gasteiger partial charge on any atom is 0.243 e. The Morgan fingerprint density at radius 1 is 1.24 bits per heavy atom. The van der Waals surface area contributed by atoms with E-state index in [0.717, 1.165) is 18.5 Å². The molecule has 1 aromatic carbocycles. The van der Waals surface area contributed by atoms with Crippen molar-refractivity contribution in [2.24, 2.45) is 0 Å². The monoisotopic (exact) mass is 231 g/mol. The first-order chi connectivity index (χ1) is 8.22. The van der Waals surface area contributed by atoms with Gasteiger partial charge in [-0.1, -0.05) is 49.6 Å². The Balaban J connectivity index is 2.32. The van der Waals surface area contributed by atoms with Crippen LogP contribution in [0.4, 0.5) is 0 Å². The van der Waals surface area contributed by atoms with Gasteiger partial charge in [-0.05, 0) is 25.0 Å². The number of hydrogen-bond donors (Lipinski definition) is 1. The normalized spacial score (nSPS) is 10.7. The standard InChI is InChI=1S/C15H21NO/c1-3-4-5-12-16-15(17)11-10-14-8-6-13(2)7-9-14/h6-11H,3-5,12H2,1-2H3,(H,16,17). The number of amides is 1. The molecule has 0 spiro atoms. The van der Waals surface area contributed by atoms with Crippen LogP contribution in [0.25, 0.3) is 6.08 Å². The molecule has 2 heteroatoms. The van der Waals surface area contributed by atoms with Gasteiger partial charge in [-0.3, -0.25) is 4.79 Å². The molecule has 1 aromatic rings. The zero-order valence-corrected chi connectivity index (χ0v) is 10.7. The number of hydrogen-bond acceptors (Lipinski definition) is 1. The molecule has 0 aliphatic rings. The van der Waals surface area contributed by atoms with Gasteiger partial charge in [0.15, 0.2) is 0 Å². The van der Waals surface area contributed by atoms with Crippen molar-refractivity contribution in [1.29, 1.82) is 0 Å². The minimum Gasteiger partial charge on any atom is -0.353 e. The predicted molar refractivity (Wildman–Crippen MR) is 72.7 cm³/mol. The molecule has 0 aliphatic heterocycles. The lowest BCUT2D eigenvalue weighted by atomic mass is 10.1. The molecule has 0 saturated carbocycles. The molecule has 17 heavy (non-hydrogen) atoms. The van der Waals surface area contributed by atoms with Crippen LogP contribution in [0.1, 0.15) is 37.3 Å². The highest BCUT2D eigenvalue weighted by Crippen LogP contribution is 2.04. The predicted octanol–water partition coefficient (Wildman–Crippen LogP) is 3.31. The SMILES string of the molecule is CCCCCNC(=O)C=Cc1ccc(C)cc1. The van der Waals surface area contributed by atoms with Gasteiger partial charge in [-0.2, -0.15) is 0 Å². The fraction of sp³-hybridized carbons (Fsp3) is 0.400. The lowest BCUT2D eigenvalue weighted by molar-refractivity contribution is -0.116. The van der Waals surface area contributed by atoms with E-state index in [4.69, 9.17) is 0 Å². The highest BCUT2D eigenvalue weighted by Gasteiger charge is 1.94. The van der Waals surface area contributed by atoms with Crippen molar-refractivity contribution in [2.45, 2.75) is 33.1 Å². The number of carbonyl (C=O) groups is 1. The van der Waals surface area contributed by atoms with Crippen molar-refractivity contribution in [3.63, 3.8) is 0 Å². The Hall–Kier alpha value is -1.57.